The minimum atomic E-state index is -0.455. The quantitative estimate of drug-likeness (QED) is 0.0960. The highest BCUT2D eigenvalue weighted by Gasteiger charge is 2.37. The molecule has 8 N–H and O–H groups in total. The second kappa shape index (κ2) is 31.0. The van der Waals surface area contributed by atoms with Gasteiger partial charge in [0.2, 0.25) is 0 Å². The van der Waals surface area contributed by atoms with Crippen molar-refractivity contribution in [2.24, 2.45) is 47.3 Å². The first-order valence-corrected chi connectivity index (χ1v) is 28.6. The van der Waals surface area contributed by atoms with Crippen molar-refractivity contribution in [3.8, 4) is 0 Å². The molecular weight excluding hydrogens is 801 g/mol. The van der Waals surface area contributed by atoms with Gasteiger partial charge in [-0.1, -0.05) is 154 Å². The van der Waals surface area contributed by atoms with E-state index in [1.807, 2.05) is 0 Å². The molecular formula is C56H104O8. The van der Waals surface area contributed by atoms with Gasteiger partial charge in [0.05, 0.1) is 48.8 Å². The number of aliphatic hydroxyl groups excluding tert-OH is 8. The first-order valence-electron chi connectivity index (χ1n) is 28.6. The Morgan fingerprint density at radius 3 is 0.297 bits per heavy atom. The molecule has 0 amide bonds. The fourth-order valence-electron chi connectivity index (χ4n) is 14.0. The van der Waals surface area contributed by atoms with Crippen LogP contribution in [0.25, 0.3) is 0 Å². The summed E-state index contributed by atoms with van der Waals surface area (Å²) in [5.41, 5.74) is 0. The lowest BCUT2D eigenvalue weighted by Gasteiger charge is -2.35. The van der Waals surface area contributed by atoms with E-state index in [0.717, 1.165) is 103 Å². The average molecular weight is 905 g/mol. The Morgan fingerprint density at radius 1 is 0.141 bits per heavy atom. The van der Waals surface area contributed by atoms with Crippen LogP contribution in [0.4, 0.5) is 0 Å². The largest absolute Gasteiger partial charge is 0.390 e. The van der Waals surface area contributed by atoms with Gasteiger partial charge in [-0.05, 0) is 150 Å². The number of hydrogen-bond acceptors (Lipinski definition) is 8. The molecule has 8 aliphatic carbocycles. The van der Waals surface area contributed by atoms with E-state index in [1.54, 1.807) is 0 Å². The van der Waals surface area contributed by atoms with Crippen LogP contribution in [0.3, 0.4) is 0 Å². The van der Waals surface area contributed by atoms with E-state index in [4.69, 9.17) is 0 Å². The van der Waals surface area contributed by atoms with Gasteiger partial charge >= 0.3 is 0 Å². The zero-order valence-corrected chi connectivity index (χ0v) is 41.1. The normalized spacial score (nSPS) is 28.9. The van der Waals surface area contributed by atoms with Crippen LogP contribution in [-0.2, 0) is 0 Å². The molecule has 8 nitrogen and oxygen atoms in total. The molecule has 64 heavy (non-hydrogen) atoms. The third kappa shape index (κ3) is 18.2. The maximum atomic E-state index is 10.2. The van der Waals surface area contributed by atoms with Gasteiger partial charge in [0.1, 0.15) is 0 Å². The summed E-state index contributed by atoms with van der Waals surface area (Å²) >= 11 is 0. The van der Waals surface area contributed by atoms with Gasteiger partial charge in [-0.25, -0.2) is 0 Å². The van der Waals surface area contributed by atoms with Crippen molar-refractivity contribution in [3.63, 3.8) is 0 Å². The van der Waals surface area contributed by atoms with E-state index in [0.29, 0.717) is 47.3 Å². The summed E-state index contributed by atoms with van der Waals surface area (Å²) in [5, 5.41) is 82.0. The number of hydrogen-bond donors (Lipinski definition) is 8. The van der Waals surface area contributed by atoms with E-state index >= 15 is 0 Å². The van der Waals surface area contributed by atoms with Crippen molar-refractivity contribution in [3.05, 3.63) is 0 Å². The minimum Gasteiger partial charge on any atom is -0.390 e. The lowest BCUT2D eigenvalue weighted by molar-refractivity contribution is -0.0623. The maximum Gasteiger partial charge on any atom is 0.0829 e. The van der Waals surface area contributed by atoms with E-state index in [1.165, 1.54) is 154 Å². The molecule has 0 aliphatic heterocycles. The summed E-state index contributed by atoms with van der Waals surface area (Å²) < 4.78 is 0. The summed E-state index contributed by atoms with van der Waals surface area (Å²) in [4.78, 5) is 0. The zero-order chi connectivity index (χ0) is 45.5. The molecule has 8 atom stereocenters. The Kier molecular flexibility index (Phi) is 26.5. The Labute approximate surface area is 392 Å². The predicted octanol–water partition coefficient (Wildman–Crippen LogP) is 11.5. The fraction of sp³-hybridized carbons (Fsp3) is 1.00. The van der Waals surface area contributed by atoms with Gasteiger partial charge in [0, 0.05) is 0 Å². The van der Waals surface area contributed by atoms with Gasteiger partial charge in [0.25, 0.3) is 0 Å². The highest BCUT2D eigenvalue weighted by Crippen LogP contribution is 2.38. The number of rotatable bonds is 12. The third-order valence-electron chi connectivity index (χ3n) is 18.5. The van der Waals surface area contributed by atoms with Crippen LogP contribution in [0.1, 0.15) is 257 Å². The SMILES string of the molecule is O[C@@H](C1CCCCC1)[C@@H](O)C1CCCCC1.O[C@@H](C1CCCCC1)[C@@H](O)C1CCCCC1.O[C@@H](C1CCCCC1)[C@@H](O)C1CCCCC1.O[C@@H](C1CCCCC1)[C@@H](O)C1CCCCC1. The highest BCUT2D eigenvalue weighted by molar-refractivity contribution is 4.88. The molecule has 0 aromatic carbocycles. The second-order valence-corrected chi connectivity index (χ2v) is 23.1. The van der Waals surface area contributed by atoms with Gasteiger partial charge in [-0.3, -0.25) is 0 Å². The zero-order valence-electron chi connectivity index (χ0n) is 41.1. The molecule has 376 valence electrons. The van der Waals surface area contributed by atoms with Crippen molar-refractivity contribution in [2.75, 3.05) is 0 Å². The lowest BCUT2D eigenvalue weighted by Crippen LogP contribution is -2.40. The van der Waals surface area contributed by atoms with Crippen LogP contribution >= 0.6 is 0 Å². The van der Waals surface area contributed by atoms with Gasteiger partial charge in [0.15, 0.2) is 0 Å². The van der Waals surface area contributed by atoms with Crippen molar-refractivity contribution in [1.82, 2.24) is 0 Å². The molecule has 8 rings (SSSR count). The van der Waals surface area contributed by atoms with Crippen LogP contribution in [0.15, 0.2) is 0 Å². The molecule has 0 spiro atoms. The molecule has 8 aliphatic rings. The first-order chi connectivity index (χ1) is 31.2. The van der Waals surface area contributed by atoms with Crippen LogP contribution in [0.5, 0.6) is 0 Å². The predicted molar refractivity (Wildman–Crippen MR) is 261 cm³/mol. The molecule has 0 aromatic heterocycles. The number of aliphatic hydroxyl groups is 8. The third-order valence-corrected chi connectivity index (χ3v) is 18.5. The smallest absolute Gasteiger partial charge is 0.0829 e. The minimum absolute atomic E-state index is 0.366. The van der Waals surface area contributed by atoms with E-state index < -0.39 is 48.8 Å². The van der Waals surface area contributed by atoms with Crippen molar-refractivity contribution < 1.29 is 40.9 Å². The average Bonchev–Trinajstić information content (AvgIpc) is 3.39. The molecule has 0 radical (unpaired) electrons. The Balaban J connectivity index is 0.000000161. The van der Waals surface area contributed by atoms with Gasteiger partial charge in [-0.2, -0.15) is 0 Å². The molecule has 0 bridgehead atoms. The summed E-state index contributed by atoms with van der Waals surface area (Å²) in [5.74, 6) is 2.93. The summed E-state index contributed by atoms with van der Waals surface area (Å²) in [7, 11) is 0. The van der Waals surface area contributed by atoms with Crippen LogP contribution in [-0.4, -0.2) is 89.7 Å². The maximum absolute atomic E-state index is 10.2. The fourth-order valence-corrected chi connectivity index (χ4v) is 14.0. The van der Waals surface area contributed by atoms with Gasteiger partial charge < -0.3 is 40.9 Å². The van der Waals surface area contributed by atoms with E-state index in [9.17, 15) is 40.9 Å². The van der Waals surface area contributed by atoms with Crippen molar-refractivity contribution in [1.29, 1.82) is 0 Å². The van der Waals surface area contributed by atoms with Crippen molar-refractivity contribution in [2.45, 2.75) is 306 Å². The van der Waals surface area contributed by atoms with Crippen molar-refractivity contribution >= 4 is 0 Å². The molecule has 8 saturated carbocycles. The summed E-state index contributed by atoms with van der Waals surface area (Å²) in [6.07, 6.45) is 44.4. The van der Waals surface area contributed by atoms with E-state index in [2.05, 4.69) is 0 Å². The Hall–Kier alpha value is -0.320. The molecule has 0 saturated heterocycles. The summed E-state index contributed by atoms with van der Waals surface area (Å²) in [6.45, 7) is 0. The van der Waals surface area contributed by atoms with Crippen LogP contribution < -0.4 is 0 Å². The van der Waals surface area contributed by atoms with Gasteiger partial charge in [-0.15, -0.1) is 0 Å². The Bertz CT molecular complexity index is 860. The van der Waals surface area contributed by atoms with Crippen LogP contribution in [0.2, 0.25) is 0 Å². The molecule has 0 heterocycles. The standard InChI is InChI=1S/4C14H26O2/c4*15-13(11-7-3-1-4-8-11)14(16)12-9-5-2-6-10-12/h4*11-16H,1-10H2/t4*13-,14-/m0000/s1. The molecule has 0 unspecified atom stereocenters. The Morgan fingerprint density at radius 2 is 0.219 bits per heavy atom. The monoisotopic (exact) mass is 905 g/mol. The highest BCUT2D eigenvalue weighted by atomic mass is 16.3. The molecule has 0 aromatic rings. The topological polar surface area (TPSA) is 162 Å². The summed E-state index contributed by atoms with van der Waals surface area (Å²) in [6, 6.07) is 0. The first kappa shape index (κ1) is 54.6. The second-order valence-electron chi connectivity index (χ2n) is 23.1. The lowest BCUT2D eigenvalue weighted by atomic mass is 9.77. The van der Waals surface area contributed by atoms with E-state index in [-0.39, 0.29) is 0 Å². The molecule has 8 heteroatoms. The molecule has 8 fully saturated rings. The van der Waals surface area contributed by atoms with Crippen LogP contribution in [0, 0.1) is 47.3 Å².